The van der Waals surface area contributed by atoms with Gasteiger partial charge in [-0.05, 0) is 37.6 Å². The van der Waals surface area contributed by atoms with Crippen LogP contribution in [-0.4, -0.2) is 42.8 Å². The van der Waals surface area contributed by atoms with E-state index < -0.39 is 0 Å². The van der Waals surface area contributed by atoms with Crippen LogP contribution in [0, 0.1) is 0 Å². The smallest absolute Gasteiger partial charge is 0.324 e. The summed E-state index contributed by atoms with van der Waals surface area (Å²) in [5.74, 6) is 1.15. The molecule has 1 heterocycles. The predicted molar refractivity (Wildman–Crippen MR) is 87.5 cm³/mol. The van der Waals surface area contributed by atoms with Crippen molar-refractivity contribution >= 4 is 11.9 Å². The number of nitrogens with one attached hydrogen (secondary N) is 1. The Kier molecular flexibility index (Phi) is 5.56. The molecule has 0 unspecified atom stereocenters. The van der Waals surface area contributed by atoms with Crippen LogP contribution in [0.4, 0.5) is 6.01 Å². The fraction of sp³-hybridized carbons (Fsp3) is 0.438. The number of carbonyl (C=O) groups excluding carboxylic acids is 1. The SMILES string of the molecule is CC[C@H](C)NC(=O)CN(C)c1nc(-c2ccc(OC)cc2)no1. The minimum Gasteiger partial charge on any atom is -0.497 e. The van der Waals surface area contributed by atoms with E-state index >= 15 is 0 Å². The molecule has 0 aliphatic heterocycles. The highest BCUT2D eigenvalue weighted by Gasteiger charge is 2.16. The first-order valence-corrected chi connectivity index (χ1v) is 7.52. The Bertz CT molecular complexity index is 639. The van der Waals surface area contributed by atoms with Gasteiger partial charge in [-0.2, -0.15) is 4.98 Å². The van der Waals surface area contributed by atoms with Gasteiger partial charge in [0.1, 0.15) is 12.3 Å². The molecule has 0 spiro atoms. The van der Waals surface area contributed by atoms with Crippen LogP contribution in [0.15, 0.2) is 28.8 Å². The third-order valence-electron chi connectivity index (χ3n) is 3.49. The van der Waals surface area contributed by atoms with E-state index in [9.17, 15) is 4.79 Å². The zero-order chi connectivity index (χ0) is 16.8. The maximum atomic E-state index is 11.9. The minimum atomic E-state index is -0.0777. The van der Waals surface area contributed by atoms with Crippen LogP contribution in [0.3, 0.4) is 0 Å². The van der Waals surface area contributed by atoms with E-state index in [0.29, 0.717) is 11.8 Å². The number of rotatable bonds is 7. The van der Waals surface area contributed by atoms with Crippen molar-refractivity contribution in [2.45, 2.75) is 26.3 Å². The summed E-state index contributed by atoms with van der Waals surface area (Å²) >= 11 is 0. The second-order valence-corrected chi connectivity index (χ2v) is 5.36. The van der Waals surface area contributed by atoms with Gasteiger partial charge < -0.3 is 19.5 Å². The summed E-state index contributed by atoms with van der Waals surface area (Å²) in [5, 5.41) is 6.84. The van der Waals surface area contributed by atoms with Crippen molar-refractivity contribution in [1.82, 2.24) is 15.5 Å². The molecule has 0 aliphatic carbocycles. The number of likely N-dealkylation sites (N-methyl/N-ethyl adjacent to an activating group) is 1. The van der Waals surface area contributed by atoms with Gasteiger partial charge in [-0.15, -0.1) is 0 Å². The first-order chi connectivity index (χ1) is 11.0. The first kappa shape index (κ1) is 16.8. The van der Waals surface area contributed by atoms with Crippen molar-refractivity contribution in [1.29, 1.82) is 0 Å². The number of amides is 1. The van der Waals surface area contributed by atoms with Gasteiger partial charge in [0.25, 0.3) is 0 Å². The summed E-state index contributed by atoms with van der Waals surface area (Å²) in [6.07, 6.45) is 0.887. The van der Waals surface area contributed by atoms with E-state index in [1.807, 2.05) is 38.1 Å². The van der Waals surface area contributed by atoms with Gasteiger partial charge in [0.15, 0.2) is 0 Å². The molecule has 1 atom stereocenters. The minimum absolute atomic E-state index is 0.0777. The number of carbonyl (C=O) groups is 1. The van der Waals surface area contributed by atoms with E-state index in [0.717, 1.165) is 17.7 Å². The monoisotopic (exact) mass is 318 g/mol. The molecule has 1 N–H and O–H groups in total. The van der Waals surface area contributed by atoms with E-state index in [-0.39, 0.29) is 18.5 Å². The molecule has 1 aromatic heterocycles. The molecular formula is C16H22N4O3. The Morgan fingerprint density at radius 2 is 2.09 bits per heavy atom. The number of anilines is 1. The lowest BCUT2D eigenvalue weighted by Crippen LogP contribution is -2.39. The molecule has 2 rings (SSSR count). The largest absolute Gasteiger partial charge is 0.497 e. The molecule has 0 saturated heterocycles. The zero-order valence-corrected chi connectivity index (χ0v) is 13.9. The molecule has 1 amide bonds. The maximum Gasteiger partial charge on any atom is 0.324 e. The van der Waals surface area contributed by atoms with E-state index in [1.165, 1.54) is 0 Å². The summed E-state index contributed by atoms with van der Waals surface area (Å²) in [6, 6.07) is 7.80. The number of hydrogen-bond acceptors (Lipinski definition) is 6. The normalized spacial score (nSPS) is 11.8. The van der Waals surface area contributed by atoms with E-state index in [4.69, 9.17) is 9.26 Å². The molecule has 7 nitrogen and oxygen atoms in total. The number of nitrogens with zero attached hydrogens (tertiary/aromatic N) is 3. The van der Waals surface area contributed by atoms with Gasteiger partial charge >= 0.3 is 6.01 Å². The van der Waals surface area contributed by atoms with Crippen LogP contribution < -0.4 is 15.0 Å². The maximum absolute atomic E-state index is 11.9. The van der Waals surface area contributed by atoms with Crippen LogP contribution in [0.5, 0.6) is 5.75 Å². The van der Waals surface area contributed by atoms with Gasteiger partial charge in [-0.3, -0.25) is 4.79 Å². The van der Waals surface area contributed by atoms with Crippen LogP contribution in [0.2, 0.25) is 0 Å². The quantitative estimate of drug-likeness (QED) is 0.842. The Hall–Kier alpha value is -2.57. The van der Waals surface area contributed by atoms with Crippen LogP contribution in [-0.2, 0) is 4.79 Å². The van der Waals surface area contributed by atoms with Gasteiger partial charge in [-0.25, -0.2) is 0 Å². The average Bonchev–Trinajstić information content (AvgIpc) is 3.04. The van der Waals surface area contributed by atoms with E-state index in [2.05, 4.69) is 15.5 Å². The average molecular weight is 318 g/mol. The Morgan fingerprint density at radius 1 is 1.39 bits per heavy atom. The summed E-state index contributed by atoms with van der Waals surface area (Å²) < 4.78 is 10.3. The van der Waals surface area contributed by atoms with Gasteiger partial charge in [0, 0.05) is 18.7 Å². The molecule has 1 aromatic carbocycles. The molecule has 0 radical (unpaired) electrons. The lowest BCUT2D eigenvalue weighted by atomic mass is 10.2. The number of methoxy groups -OCH3 is 1. The fourth-order valence-electron chi connectivity index (χ4n) is 1.93. The topological polar surface area (TPSA) is 80.5 Å². The van der Waals surface area contributed by atoms with Gasteiger partial charge in [0.2, 0.25) is 11.7 Å². The lowest BCUT2D eigenvalue weighted by Gasteiger charge is -2.16. The van der Waals surface area contributed by atoms with Crippen molar-refractivity contribution in [3.63, 3.8) is 0 Å². The van der Waals surface area contributed by atoms with Crippen molar-refractivity contribution in [2.24, 2.45) is 0 Å². The molecule has 124 valence electrons. The molecule has 23 heavy (non-hydrogen) atoms. The number of ether oxygens (including phenoxy) is 1. The molecule has 0 fully saturated rings. The molecule has 0 saturated carbocycles. The van der Waals surface area contributed by atoms with Crippen LogP contribution in [0.25, 0.3) is 11.4 Å². The molecule has 7 heteroatoms. The zero-order valence-electron chi connectivity index (χ0n) is 13.9. The highest BCUT2D eigenvalue weighted by Crippen LogP contribution is 2.21. The first-order valence-electron chi connectivity index (χ1n) is 7.52. The Morgan fingerprint density at radius 3 is 2.70 bits per heavy atom. The molecular weight excluding hydrogens is 296 g/mol. The van der Waals surface area contributed by atoms with Crippen LogP contribution >= 0.6 is 0 Å². The summed E-state index contributed by atoms with van der Waals surface area (Å²) in [4.78, 5) is 17.8. The summed E-state index contributed by atoms with van der Waals surface area (Å²) in [5.41, 5.74) is 0.818. The van der Waals surface area contributed by atoms with Crippen molar-refractivity contribution in [3.8, 4) is 17.1 Å². The van der Waals surface area contributed by atoms with Gasteiger partial charge in [0.05, 0.1) is 7.11 Å². The Labute approximate surface area is 135 Å². The highest BCUT2D eigenvalue weighted by atomic mass is 16.5. The van der Waals surface area contributed by atoms with E-state index in [1.54, 1.807) is 19.1 Å². The van der Waals surface area contributed by atoms with Crippen molar-refractivity contribution in [3.05, 3.63) is 24.3 Å². The molecule has 0 aliphatic rings. The second kappa shape index (κ2) is 7.62. The number of benzene rings is 1. The Balaban J connectivity index is 2.01. The van der Waals surface area contributed by atoms with Crippen molar-refractivity contribution < 1.29 is 14.1 Å². The third kappa shape index (κ3) is 4.45. The molecule has 2 aromatic rings. The van der Waals surface area contributed by atoms with Gasteiger partial charge in [-0.1, -0.05) is 12.1 Å². The number of hydrogen-bond donors (Lipinski definition) is 1. The predicted octanol–water partition coefficient (Wildman–Crippen LogP) is 2.10. The van der Waals surface area contributed by atoms with Crippen molar-refractivity contribution in [2.75, 3.05) is 25.6 Å². The standard InChI is InChI=1S/C16H22N4O3/c1-5-11(2)17-14(21)10-20(3)16-18-15(19-23-16)12-6-8-13(22-4)9-7-12/h6-9,11H,5,10H2,1-4H3,(H,17,21)/t11-/m0/s1. The summed E-state index contributed by atoms with van der Waals surface area (Å²) in [7, 11) is 3.35. The number of aromatic nitrogens is 2. The third-order valence-corrected chi connectivity index (χ3v) is 3.49. The second-order valence-electron chi connectivity index (χ2n) is 5.36. The summed E-state index contributed by atoms with van der Waals surface area (Å²) in [6.45, 7) is 4.15. The molecule has 0 bridgehead atoms. The fourth-order valence-corrected chi connectivity index (χ4v) is 1.93. The van der Waals surface area contributed by atoms with Crippen LogP contribution in [0.1, 0.15) is 20.3 Å². The highest BCUT2D eigenvalue weighted by molar-refractivity contribution is 5.80. The lowest BCUT2D eigenvalue weighted by molar-refractivity contribution is -0.120.